The molecule has 0 spiro atoms. The number of hydrogen-bond donors (Lipinski definition) is 2. The van der Waals surface area contributed by atoms with Crippen molar-refractivity contribution >= 4 is 23.5 Å². The second kappa shape index (κ2) is 7.31. The minimum atomic E-state index is -4.90. The molecular formula is C17H11ClF3N5O2. The first kappa shape index (κ1) is 19.4. The van der Waals surface area contributed by atoms with Gasteiger partial charge in [-0.1, -0.05) is 41.9 Å². The van der Waals surface area contributed by atoms with Crippen LogP contribution in [0.5, 0.6) is 0 Å². The van der Waals surface area contributed by atoms with Crippen molar-refractivity contribution in [2.24, 2.45) is 5.73 Å². The van der Waals surface area contributed by atoms with Gasteiger partial charge in [-0.05, 0) is 17.7 Å². The molecule has 0 fully saturated rings. The van der Waals surface area contributed by atoms with E-state index < -0.39 is 35.1 Å². The lowest BCUT2D eigenvalue weighted by molar-refractivity contribution is -0.140. The Bertz CT molecular complexity index is 1050. The number of aromatic nitrogens is 3. The Morgan fingerprint density at radius 3 is 2.36 bits per heavy atom. The van der Waals surface area contributed by atoms with Crippen molar-refractivity contribution in [3.63, 3.8) is 0 Å². The van der Waals surface area contributed by atoms with E-state index in [1.165, 1.54) is 42.6 Å². The van der Waals surface area contributed by atoms with Crippen molar-refractivity contribution in [1.29, 1.82) is 0 Å². The molecule has 2 heterocycles. The number of benzene rings is 1. The van der Waals surface area contributed by atoms with Gasteiger partial charge in [-0.2, -0.15) is 18.3 Å². The predicted octanol–water partition coefficient (Wildman–Crippen LogP) is 3.42. The highest BCUT2D eigenvalue weighted by Crippen LogP contribution is 2.39. The van der Waals surface area contributed by atoms with E-state index in [4.69, 9.17) is 17.3 Å². The van der Waals surface area contributed by atoms with Crippen LogP contribution < -0.4 is 11.1 Å². The van der Waals surface area contributed by atoms with Crippen LogP contribution in [0.1, 0.15) is 16.2 Å². The molecule has 28 heavy (non-hydrogen) atoms. The molecule has 3 aromatic rings. The molecule has 0 radical (unpaired) electrons. The highest BCUT2D eigenvalue weighted by Gasteiger charge is 2.41. The Kier molecular flexibility index (Phi) is 5.06. The Balaban J connectivity index is 2.40. The van der Waals surface area contributed by atoms with Gasteiger partial charge in [0.05, 0.1) is 5.02 Å². The van der Waals surface area contributed by atoms with E-state index in [1.54, 1.807) is 11.4 Å². The monoisotopic (exact) mass is 409 g/mol. The van der Waals surface area contributed by atoms with Crippen molar-refractivity contribution in [1.82, 2.24) is 20.1 Å². The van der Waals surface area contributed by atoms with Crippen molar-refractivity contribution in [2.45, 2.75) is 6.18 Å². The lowest BCUT2D eigenvalue weighted by atomic mass is 10.0. The van der Waals surface area contributed by atoms with Crippen LogP contribution in [-0.4, -0.2) is 26.7 Å². The van der Waals surface area contributed by atoms with Gasteiger partial charge < -0.3 is 5.73 Å². The fraction of sp³-hybridized carbons (Fsp3) is 0.0588. The number of pyridine rings is 1. The Morgan fingerprint density at radius 1 is 1.11 bits per heavy atom. The van der Waals surface area contributed by atoms with Crippen LogP contribution in [0.25, 0.3) is 16.9 Å². The number of carbonyl (C=O) groups is 2. The van der Waals surface area contributed by atoms with Gasteiger partial charge in [-0.3, -0.25) is 10.1 Å². The summed E-state index contributed by atoms with van der Waals surface area (Å²) < 4.78 is 41.8. The van der Waals surface area contributed by atoms with Gasteiger partial charge in [0.2, 0.25) is 0 Å². The second-order valence-electron chi connectivity index (χ2n) is 5.48. The number of carbonyl (C=O) groups excluding carboxylic acids is 2. The number of halogens is 4. The van der Waals surface area contributed by atoms with E-state index in [-0.39, 0.29) is 16.4 Å². The second-order valence-corrected chi connectivity index (χ2v) is 5.88. The number of nitrogens with one attached hydrogen (secondary N) is 1. The molecule has 144 valence electrons. The van der Waals surface area contributed by atoms with Crippen LogP contribution in [-0.2, 0) is 6.18 Å². The predicted molar refractivity (Wildman–Crippen MR) is 93.9 cm³/mol. The Morgan fingerprint density at radius 2 is 1.79 bits per heavy atom. The smallest absolute Gasteiger partial charge is 0.351 e. The third-order valence-electron chi connectivity index (χ3n) is 3.61. The zero-order chi connectivity index (χ0) is 20.5. The van der Waals surface area contributed by atoms with Gasteiger partial charge in [-0.15, -0.1) is 0 Å². The molecule has 2 aromatic heterocycles. The minimum Gasteiger partial charge on any atom is -0.351 e. The highest BCUT2D eigenvalue weighted by atomic mass is 35.5. The summed E-state index contributed by atoms with van der Waals surface area (Å²) >= 11 is 6.04. The molecule has 0 aliphatic heterocycles. The average Bonchev–Trinajstić information content (AvgIpc) is 3.03. The van der Waals surface area contributed by atoms with Crippen LogP contribution in [0.2, 0.25) is 5.02 Å². The molecule has 0 saturated carbocycles. The largest absolute Gasteiger partial charge is 0.435 e. The summed E-state index contributed by atoms with van der Waals surface area (Å²) in [5, 5.41) is 5.26. The molecule has 1 aromatic carbocycles. The number of amides is 3. The molecular weight excluding hydrogens is 399 g/mol. The number of hydrogen-bond acceptors (Lipinski definition) is 4. The van der Waals surface area contributed by atoms with Crippen molar-refractivity contribution in [3.8, 4) is 16.9 Å². The summed E-state index contributed by atoms with van der Waals surface area (Å²) in [4.78, 5) is 27.6. The zero-order valence-electron chi connectivity index (χ0n) is 13.9. The standard InChI is InChI=1S/C17H11ClF3N5O2/c18-10-7-4-8-23-14(10)26-12(15(27)24-16(22)28)11(9-5-2-1-3-6-9)13(25-26)17(19,20)21/h1-8H,(H3,22,24,27,28). The number of nitrogens with zero attached hydrogens (tertiary/aromatic N) is 3. The number of nitrogens with two attached hydrogens (primary N) is 1. The number of alkyl halides is 3. The first-order chi connectivity index (χ1) is 13.2. The Labute approximate surface area is 160 Å². The molecule has 3 amide bonds. The first-order valence-corrected chi connectivity index (χ1v) is 8.05. The molecule has 0 atom stereocenters. The molecule has 0 bridgehead atoms. The van der Waals surface area contributed by atoms with E-state index in [0.29, 0.717) is 4.68 Å². The van der Waals surface area contributed by atoms with E-state index >= 15 is 0 Å². The summed E-state index contributed by atoms with van der Waals surface area (Å²) in [6.07, 6.45) is -3.63. The summed E-state index contributed by atoms with van der Waals surface area (Å²) in [7, 11) is 0. The van der Waals surface area contributed by atoms with Gasteiger partial charge in [0, 0.05) is 11.8 Å². The number of rotatable bonds is 3. The number of imide groups is 1. The molecule has 7 nitrogen and oxygen atoms in total. The van der Waals surface area contributed by atoms with Crippen molar-refractivity contribution < 1.29 is 22.8 Å². The van der Waals surface area contributed by atoms with E-state index in [0.717, 1.165) is 0 Å². The fourth-order valence-electron chi connectivity index (χ4n) is 2.56. The van der Waals surface area contributed by atoms with E-state index in [2.05, 4.69) is 10.1 Å². The third kappa shape index (κ3) is 3.67. The maximum atomic E-state index is 13.7. The van der Waals surface area contributed by atoms with Gasteiger partial charge >= 0.3 is 12.2 Å². The summed E-state index contributed by atoms with van der Waals surface area (Å²) in [6, 6.07) is 8.93. The maximum absolute atomic E-state index is 13.7. The fourth-order valence-corrected chi connectivity index (χ4v) is 2.76. The molecule has 11 heteroatoms. The lowest BCUT2D eigenvalue weighted by Crippen LogP contribution is -2.36. The van der Waals surface area contributed by atoms with Crippen LogP contribution in [0.3, 0.4) is 0 Å². The SMILES string of the molecule is NC(=O)NC(=O)c1c(-c2ccccc2)c(C(F)(F)F)nn1-c1ncccc1Cl. The molecule has 3 rings (SSSR count). The van der Waals surface area contributed by atoms with Crippen LogP contribution in [0.4, 0.5) is 18.0 Å². The van der Waals surface area contributed by atoms with Crippen LogP contribution in [0.15, 0.2) is 48.7 Å². The Hall–Kier alpha value is -3.40. The van der Waals surface area contributed by atoms with E-state index in [1.807, 2.05) is 0 Å². The minimum absolute atomic E-state index is 0.0496. The van der Waals surface area contributed by atoms with Gasteiger partial charge in [0.25, 0.3) is 5.91 Å². The normalized spacial score (nSPS) is 11.3. The maximum Gasteiger partial charge on any atom is 0.435 e. The molecule has 0 aliphatic carbocycles. The van der Waals surface area contributed by atoms with Gasteiger partial charge in [-0.25, -0.2) is 14.5 Å². The van der Waals surface area contributed by atoms with Gasteiger partial charge in [0.15, 0.2) is 11.5 Å². The van der Waals surface area contributed by atoms with Crippen LogP contribution in [0, 0.1) is 0 Å². The summed E-state index contributed by atoms with van der Waals surface area (Å²) in [5.74, 6) is -1.40. The zero-order valence-corrected chi connectivity index (χ0v) is 14.6. The lowest BCUT2D eigenvalue weighted by Gasteiger charge is -2.10. The number of primary amides is 1. The highest BCUT2D eigenvalue weighted by molar-refractivity contribution is 6.32. The summed E-state index contributed by atoms with van der Waals surface area (Å²) in [5.41, 5.74) is 2.57. The van der Waals surface area contributed by atoms with Crippen molar-refractivity contribution in [3.05, 3.63) is 65.1 Å². The van der Waals surface area contributed by atoms with E-state index in [9.17, 15) is 22.8 Å². The van der Waals surface area contributed by atoms with Crippen molar-refractivity contribution in [2.75, 3.05) is 0 Å². The molecule has 0 unspecified atom stereocenters. The number of urea groups is 1. The third-order valence-corrected chi connectivity index (χ3v) is 3.90. The molecule has 0 saturated heterocycles. The summed E-state index contributed by atoms with van der Waals surface area (Å²) in [6.45, 7) is 0. The van der Waals surface area contributed by atoms with Gasteiger partial charge in [0.1, 0.15) is 5.69 Å². The first-order valence-electron chi connectivity index (χ1n) is 7.67. The topological polar surface area (TPSA) is 103 Å². The molecule has 3 N–H and O–H groups in total. The quantitative estimate of drug-likeness (QED) is 0.691. The van der Waals surface area contributed by atoms with Crippen LogP contribution >= 0.6 is 11.6 Å². The molecule has 0 aliphatic rings. The average molecular weight is 410 g/mol.